The van der Waals surface area contributed by atoms with Gasteiger partial charge in [-0.3, -0.25) is 9.69 Å². The lowest BCUT2D eigenvalue weighted by Crippen LogP contribution is -2.56. The molecule has 0 heterocycles. The number of carboxylic acids is 1. The summed E-state index contributed by atoms with van der Waals surface area (Å²) in [6, 6.07) is 12.5. The van der Waals surface area contributed by atoms with E-state index in [1.54, 1.807) is 0 Å². The number of nitrogens with zero attached hydrogens (tertiary/aromatic N) is 1. The summed E-state index contributed by atoms with van der Waals surface area (Å²) in [4.78, 5) is 13.0. The summed E-state index contributed by atoms with van der Waals surface area (Å²) in [6.07, 6.45) is 7.34. The number of benzene rings is 1. The maximum absolute atomic E-state index is 11.0. The molecule has 0 spiro atoms. The topological polar surface area (TPSA) is 52.6 Å². The number of hydrogen-bond donors (Lipinski definition) is 2. The first-order valence-corrected chi connectivity index (χ1v) is 9.44. The Bertz CT molecular complexity index is 528. The van der Waals surface area contributed by atoms with Crippen LogP contribution >= 0.6 is 0 Å². The SMILES string of the molecule is CCN(CC(=O)O)C1CC(NC2CCCCC2c2ccccc2)C1. The fourth-order valence-corrected chi connectivity index (χ4v) is 4.43. The molecular formula is C20H30N2O2. The fraction of sp³-hybridized carbons (Fsp3) is 0.650. The molecule has 2 aliphatic rings. The third kappa shape index (κ3) is 4.17. The second-order valence-corrected chi connectivity index (χ2v) is 7.35. The highest BCUT2D eigenvalue weighted by molar-refractivity contribution is 5.69. The molecule has 2 unspecified atom stereocenters. The minimum atomic E-state index is -0.718. The Morgan fingerprint density at radius 3 is 2.58 bits per heavy atom. The predicted octanol–water partition coefficient (Wildman–Crippen LogP) is 3.24. The van der Waals surface area contributed by atoms with Crippen molar-refractivity contribution in [1.82, 2.24) is 10.2 Å². The van der Waals surface area contributed by atoms with E-state index in [1.165, 1.54) is 31.2 Å². The Morgan fingerprint density at radius 1 is 1.21 bits per heavy atom. The number of rotatable bonds is 7. The molecule has 0 aromatic heterocycles. The van der Waals surface area contributed by atoms with Crippen LogP contribution in [0.5, 0.6) is 0 Å². The van der Waals surface area contributed by atoms with Gasteiger partial charge in [0.25, 0.3) is 0 Å². The van der Waals surface area contributed by atoms with E-state index >= 15 is 0 Å². The Morgan fingerprint density at radius 2 is 1.92 bits per heavy atom. The summed E-state index contributed by atoms with van der Waals surface area (Å²) in [5, 5.41) is 12.9. The molecule has 3 rings (SSSR count). The Balaban J connectivity index is 1.53. The van der Waals surface area contributed by atoms with Crippen LogP contribution in [0.1, 0.15) is 56.9 Å². The van der Waals surface area contributed by atoms with Crippen molar-refractivity contribution >= 4 is 5.97 Å². The van der Waals surface area contributed by atoms with E-state index in [1.807, 2.05) is 0 Å². The lowest BCUT2D eigenvalue weighted by Gasteiger charge is -2.45. The lowest BCUT2D eigenvalue weighted by molar-refractivity contribution is -0.139. The molecule has 1 aromatic carbocycles. The second kappa shape index (κ2) is 8.13. The van der Waals surface area contributed by atoms with Crippen molar-refractivity contribution < 1.29 is 9.90 Å². The quantitative estimate of drug-likeness (QED) is 0.806. The number of carboxylic acid groups (broad SMARTS) is 1. The van der Waals surface area contributed by atoms with E-state index in [9.17, 15) is 4.79 Å². The summed E-state index contributed by atoms with van der Waals surface area (Å²) < 4.78 is 0. The van der Waals surface area contributed by atoms with Crippen LogP contribution in [0.4, 0.5) is 0 Å². The molecule has 1 aromatic rings. The van der Waals surface area contributed by atoms with Gasteiger partial charge in [0.2, 0.25) is 0 Å². The van der Waals surface area contributed by atoms with Gasteiger partial charge in [-0.05, 0) is 43.7 Å². The van der Waals surface area contributed by atoms with Crippen LogP contribution < -0.4 is 5.32 Å². The van der Waals surface area contributed by atoms with Gasteiger partial charge in [0, 0.05) is 18.1 Å². The summed E-state index contributed by atoms with van der Waals surface area (Å²) in [5.41, 5.74) is 1.46. The van der Waals surface area contributed by atoms with Gasteiger partial charge < -0.3 is 10.4 Å². The number of aliphatic carboxylic acids is 1. The smallest absolute Gasteiger partial charge is 0.317 e. The van der Waals surface area contributed by atoms with Crippen LogP contribution in [0.25, 0.3) is 0 Å². The molecule has 2 fully saturated rings. The number of likely N-dealkylation sites (N-methyl/N-ethyl adjacent to an activating group) is 1. The first kappa shape index (κ1) is 17.4. The first-order valence-electron chi connectivity index (χ1n) is 9.44. The van der Waals surface area contributed by atoms with Gasteiger partial charge in [-0.15, -0.1) is 0 Å². The van der Waals surface area contributed by atoms with Gasteiger partial charge in [0.05, 0.1) is 6.54 Å². The molecule has 132 valence electrons. The molecule has 2 atom stereocenters. The molecular weight excluding hydrogens is 300 g/mol. The number of carbonyl (C=O) groups is 1. The summed E-state index contributed by atoms with van der Waals surface area (Å²) >= 11 is 0. The zero-order chi connectivity index (χ0) is 16.9. The number of hydrogen-bond acceptors (Lipinski definition) is 3. The van der Waals surface area contributed by atoms with Crippen LogP contribution in [0.2, 0.25) is 0 Å². The van der Waals surface area contributed by atoms with E-state index in [4.69, 9.17) is 5.11 Å². The highest BCUT2D eigenvalue weighted by atomic mass is 16.4. The van der Waals surface area contributed by atoms with E-state index in [-0.39, 0.29) is 6.54 Å². The minimum Gasteiger partial charge on any atom is -0.480 e. The molecule has 4 nitrogen and oxygen atoms in total. The number of nitrogens with one attached hydrogen (secondary N) is 1. The van der Waals surface area contributed by atoms with Gasteiger partial charge in [-0.2, -0.15) is 0 Å². The van der Waals surface area contributed by atoms with Gasteiger partial charge in [-0.1, -0.05) is 50.1 Å². The van der Waals surface area contributed by atoms with Crippen molar-refractivity contribution in [3.8, 4) is 0 Å². The Labute approximate surface area is 145 Å². The van der Waals surface area contributed by atoms with Crippen molar-refractivity contribution in [2.24, 2.45) is 0 Å². The molecule has 0 aliphatic heterocycles. The highest BCUT2D eigenvalue weighted by Gasteiger charge is 2.36. The first-order chi connectivity index (χ1) is 11.7. The van der Waals surface area contributed by atoms with Crippen molar-refractivity contribution in [3.05, 3.63) is 35.9 Å². The van der Waals surface area contributed by atoms with E-state index in [0.29, 0.717) is 24.0 Å². The zero-order valence-electron chi connectivity index (χ0n) is 14.7. The second-order valence-electron chi connectivity index (χ2n) is 7.35. The third-order valence-corrected chi connectivity index (χ3v) is 5.82. The van der Waals surface area contributed by atoms with E-state index in [2.05, 4.69) is 47.5 Å². The van der Waals surface area contributed by atoms with E-state index < -0.39 is 5.97 Å². The zero-order valence-corrected chi connectivity index (χ0v) is 14.7. The van der Waals surface area contributed by atoms with Crippen molar-refractivity contribution in [2.45, 2.75) is 69.5 Å². The molecule has 4 heteroatoms. The maximum Gasteiger partial charge on any atom is 0.317 e. The molecule has 2 saturated carbocycles. The average molecular weight is 330 g/mol. The Kier molecular flexibility index (Phi) is 5.90. The average Bonchev–Trinajstić information content (AvgIpc) is 2.57. The molecule has 0 radical (unpaired) electrons. The summed E-state index contributed by atoms with van der Waals surface area (Å²) in [5.74, 6) is -0.0926. The monoisotopic (exact) mass is 330 g/mol. The minimum absolute atomic E-state index is 0.171. The van der Waals surface area contributed by atoms with Gasteiger partial charge in [0.15, 0.2) is 0 Å². The lowest BCUT2D eigenvalue weighted by atomic mass is 9.77. The van der Waals surface area contributed by atoms with Gasteiger partial charge >= 0.3 is 5.97 Å². The highest BCUT2D eigenvalue weighted by Crippen LogP contribution is 2.35. The fourth-order valence-electron chi connectivity index (χ4n) is 4.43. The molecule has 2 aliphatic carbocycles. The summed E-state index contributed by atoms with van der Waals surface area (Å²) in [7, 11) is 0. The summed E-state index contributed by atoms with van der Waals surface area (Å²) in [6.45, 7) is 3.04. The van der Waals surface area contributed by atoms with Crippen LogP contribution in [-0.2, 0) is 4.79 Å². The maximum atomic E-state index is 11.0. The standard InChI is InChI=1S/C20H30N2O2/c1-2-22(14-20(23)24)17-12-16(13-17)21-19-11-7-6-10-18(19)15-8-4-3-5-9-15/h3-5,8-9,16-19,21H,2,6-7,10-14H2,1H3,(H,23,24). The molecule has 0 bridgehead atoms. The van der Waals surface area contributed by atoms with Crippen LogP contribution in [0.15, 0.2) is 30.3 Å². The van der Waals surface area contributed by atoms with Crippen molar-refractivity contribution in [2.75, 3.05) is 13.1 Å². The molecule has 24 heavy (non-hydrogen) atoms. The van der Waals surface area contributed by atoms with E-state index in [0.717, 1.165) is 19.4 Å². The molecule has 0 amide bonds. The van der Waals surface area contributed by atoms with Gasteiger partial charge in [0.1, 0.15) is 0 Å². The van der Waals surface area contributed by atoms with Gasteiger partial charge in [-0.25, -0.2) is 0 Å². The molecule has 2 N–H and O–H groups in total. The van der Waals surface area contributed by atoms with Crippen LogP contribution in [0, 0.1) is 0 Å². The molecule has 0 saturated heterocycles. The largest absolute Gasteiger partial charge is 0.480 e. The van der Waals surface area contributed by atoms with Crippen LogP contribution in [0.3, 0.4) is 0 Å². The predicted molar refractivity (Wildman–Crippen MR) is 96.3 cm³/mol. The van der Waals surface area contributed by atoms with Crippen molar-refractivity contribution in [3.63, 3.8) is 0 Å². The Hall–Kier alpha value is -1.39. The third-order valence-electron chi connectivity index (χ3n) is 5.82. The normalized spacial score (nSPS) is 30.1. The van der Waals surface area contributed by atoms with Crippen molar-refractivity contribution in [1.29, 1.82) is 0 Å². The van der Waals surface area contributed by atoms with Crippen LogP contribution in [-0.4, -0.2) is 47.2 Å².